The number of nitrogens with one attached hydrogen (secondary N) is 1. The van der Waals surface area contributed by atoms with Crippen molar-refractivity contribution in [2.24, 2.45) is 0 Å². The van der Waals surface area contributed by atoms with Crippen LogP contribution in [0.5, 0.6) is 0 Å². The molecule has 2 aliphatic heterocycles. The first-order valence-corrected chi connectivity index (χ1v) is 8.91. The SMILES string of the molecule is CC1(NC(=S)N2CCCCCC2)CCS(=O)(=O)C1. The topological polar surface area (TPSA) is 49.4 Å². The summed E-state index contributed by atoms with van der Waals surface area (Å²) in [6, 6.07) is 0. The van der Waals surface area contributed by atoms with E-state index in [0.29, 0.717) is 6.42 Å². The van der Waals surface area contributed by atoms with Gasteiger partial charge in [0.15, 0.2) is 14.9 Å². The largest absolute Gasteiger partial charge is 0.356 e. The smallest absolute Gasteiger partial charge is 0.169 e. The number of sulfone groups is 1. The third-order valence-corrected chi connectivity index (χ3v) is 6.07. The molecule has 0 bridgehead atoms. The van der Waals surface area contributed by atoms with Crippen molar-refractivity contribution in [2.45, 2.75) is 44.6 Å². The summed E-state index contributed by atoms with van der Waals surface area (Å²) in [7, 11) is -2.88. The monoisotopic (exact) mass is 290 g/mol. The van der Waals surface area contributed by atoms with Crippen molar-refractivity contribution in [3.63, 3.8) is 0 Å². The summed E-state index contributed by atoms with van der Waals surface area (Å²) in [4.78, 5) is 2.19. The molecular formula is C12H22N2O2S2. The number of likely N-dealkylation sites (tertiary alicyclic amines) is 1. The van der Waals surface area contributed by atoms with Crippen molar-refractivity contribution in [3.05, 3.63) is 0 Å². The fraction of sp³-hybridized carbons (Fsp3) is 0.917. The lowest BCUT2D eigenvalue weighted by atomic mass is 10.0. The van der Waals surface area contributed by atoms with Crippen LogP contribution in [-0.4, -0.2) is 48.6 Å². The Labute approximate surface area is 115 Å². The summed E-state index contributed by atoms with van der Waals surface area (Å²) in [6.07, 6.45) is 5.55. The van der Waals surface area contributed by atoms with E-state index in [2.05, 4.69) is 10.2 Å². The van der Waals surface area contributed by atoms with Gasteiger partial charge in [-0.25, -0.2) is 8.42 Å². The molecule has 0 aromatic heterocycles. The highest BCUT2D eigenvalue weighted by Gasteiger charge is 2.39. The minimum absolute atomic E-state index is 0.202. The second-order valence-electron chi connectivity index (χ2n) is 5.73. The summed E-state index contributed by atoms with van der Waals surface area (Å²) >= 11 is 5.44. The molecule has 0 aliphatic carbocycles. The molecule has 0 radical (unpaired) electrons. The van der Waals surface area contributed by atoms with Crippen LogP contribution in [0.15, 0.2) is 0 Å². The highest BCUT2D eigenvalue weighted by atomic mass is 32.2. The quantitative estimate of drug-likeness (QED) is 0.738. The van der Waals surface area contributed by atoms with Crippen LogP contribution >= 0.6 is 12.2 Å². The van der Waals surface area contributed by atoms with Crippen molar-refractivity contribution < 1.29 is 8.42 Å². The van der Waals surface area contributed by atoms with Gasteiger partial charge in [-0.2, -0.15) is 0 Å². The highest BCUT2D eigenvalue weighted by Crippen LogP contribution is 2.23. The lowest BCUT2D eigenvalue weighted by Crippen LogP contribution is -2.52. The van der Waals surface area contributed by atoms with Gasteiger partial charge in [0.2, 0.25) is 0 Å². The summed E-state index contributed by atoms with van der Waals surface area (Å²) in [5.41, 5.74) is -0.373. The Hall–Kier alpha value is -0.360. The van der Waals surface area contributed by atoms with E-state index in [1.807, 2.05) is 6.92 Å². The summed E-state index contributed by atoms with van der Waals surface area (Å²) in [6.45, 7) is 3.95. The van der Waals surface area contributed by atoms with Gasteiger partial charge in [-0.05, 0) is 38.4 Å². The Morgan fingerprint density at radius 3 is 2.33 bits per heavy atom. The first-order valence-electron chi connectivity index (χ1n) is 6.68. The van der Waals surface area contributed by atoms with Crippen LogP contribution in [0.4, 0.5) is 0 Å². The van der Waals surface area contributed by atoms with Gasteiger partial charge in [-0.1, -0.05) is 12.8 Å². The molecule has 0 aromatic rings. The number of hydrogen-bond donors (Lipinski definition) is 1. The lowest BCUT2D eigenvalue weighted by molar-refractivity contribution is 0.389. The summed E-state index contributed by atoms with van der Waals surface area (Å²) in [5.74, 6) is 0.479. The van der Waals surface area contributed by atoms with E-state index in [0.717, 1.165) is 18.2 Å². The fourth-order valence-corrected chi connectivity index (χ4v) is 5.24. The molecule has 2 heterocycles. The minimum atomic E-state index is -2.88. The fourth-order valence-electron chi connectivity index (χ4n) is 2.72. The van der Waals surface area contributed by atoms with E-state index in [9.17, 15) is 8.42 Å². The molecule has 2 aliphatic rings. The van der Waals surface area contributed by atoms with Gasteiger partial charge in [-0.3, -0.25) is 0 Å². The van der Waals surface area contributed by atoms with Gasteiger partial charge in [0, 0.05) is 13.1 Å². The second kappa shape index (κ2) is 5.33. The molecular weight excluding hydrogens is 268 g/mol. The maximum atomic E-state index is 11.6. The maximum Gasteiger partial charge on any atom is 0.169 e. The van der Waals surface area contributed by atoms with Crippen molar-refractivity contribution in [1.29, 1.82) is 0 Å². The second-order valence-corrected chi connectivity index (χ2v) is 8.30. The Morgan fingerprint density at radius 2 is 1.83 bits per heavy atom. The zero-order chi connectivity index (χ0) is 13.2. The van der Waals surface area contributed by atoms with Gasteiger partial charge in [0.25, 0.3) is 0 Å². The normalized spacial score (nSPS) is 31.9. The van der Waals surface area contributed by atoms with Crippen LogP contribution in [0.1, 0.15) is 39.0 Å². The van der Waals surface area contributed by atoms with Crippen molar-refractivity contribution in [2.75, 3.05) is 24.6 Å². The van der Waals surface area contributed by atoms with E-state index >= 15 is 0 Å². The Kier molecular flexibility index (Phi) is 4.16. The van der Waals surface area contributed by atoms with Crippen LogP contribution in [0.2, 0.25) is 0 Å². The zero-order valence-electron chi connectivity index (χ0n) is 10.9. The Morgan fingerprint density at radius 1 is 1.22 bits per heavy atom. The molecule has 6 heteroatoms. The lowest BCUT2D eigenvalue weighted by Gasteiger charge is -2.31. The standard InChI is InChI=1S/C12H22N2O2S2/c1-12(6-9-18(15,16)10-12)13-11(17)14-7-4-2-3-5-8-14/h2-10H2,1H3,(H,13,17). The maximum absolute atomic E-state index is 11.6. The van der Waals surface area contributed by atoms with E-state index in [4.69, 9.17) is 12.2 Å². The molecule has 0 aromatic carbocycles. The molecule has 0 amide bonds. The van der Waals surface area contributed by atoms with Crippen LogP contribution in [0.25, 0.3) is 0 Å². The first-order chi connectivity index (χ1) is 8.40. The van der Waals surface area contributed by atoms with Crippen LogP contribution in [0, 0.1) is 0 Å². The first kappa shape index (κ1) is 14.1. The van der Waals surface area contributed by atoms with Gasteiger partial charge in [0.05, 0.1) is 17.0 Å². The predicted molar refractivity (Wildman–Crippen MR) is 77.5 cm³/mol. The number of thiocarbonyl (C=S) groups is 1. The zero-order valence-corrected chi connectivity index (χ0v) is 12.6. The predicted octanol–water partition coefficient (Wildman–Crippen LogP) is 1.31. The highest BCUT2D eigenvalue weighted by molar-refractivity contribution is 7.91. The van der Waals surface area contributed by atoms with Gasteiger partial charge in [0.1, 0.15) is 0 Å². The molecule has 0 saturated carbocycles. The van der Waals surface area contributed by atoms with Crippen LogP contribution in [0.3, 0.4) is 0 Å². The molecule has 104 valence electrons. The Bertz CT molecular complexity index is 414. The average Bonchev–Trinajstić information content (AvgIpc) is 2.49. The van der Waals surface area contributed by atoms with Gasteiger partial charge < -0.3 is 10.2 Å². The molecule has 2 fully saturated rings. The van der Waals surface area contributed by atoms with Crippen LogP contribution < -0.4 is 5.32 Å². The summed E-state index contributed by atoms with van der Waals surface area (Å²) < 4.78 is 23.1. The number of rotatable bonds is 1. The third-order valence-electron chi connectivity index (χ3n) is 3.81. The molecule has 2 rings (SSSR count). The van der Waals surface area contributed by atoms with Crippen molar-refractivity contribution in [1.82, 2.24) is 10.2 Å². The van der Waals surface area contributed by atoms with E-state index in [-0.39, 0.29) is 17.0 Å². The molecule has 4 nitrogen and oxygen atoms in total. The third kappa shape index (κ3) is 3.57. The summed E-state index contributed by atoms with van der Waals surface area (Å²) in [5, 5.41) is 4.02. The van der Waals surface area contributed by atoms with E-state index in [1.54, 1.807) is 0 Å². The van der Waals surface area contributed by atoms with Crippen LogP contribution in [-0.2, 0) is 9.84 Å². The van der Waals surface area contributed by atoms with E-state index in [1.165, 1.54) is 25.7 Å². The van der Waals surface area contributed by atoms with Gasteiger partial charge in [-0.15, -0.1) is 0 Å². The molecule has 1 unspecified atom stereocenters. The number of nitrogens with zero attached hydrogens (tertiary/aromatic N) is 1. The Balaban J connectivity index is 1.94. The van der Waals surface area contributed by atoms with Gasteiger partial charge >= 0.3 is 0 Å². The van der Waals surface area contributed by atoms with Crippen molar-refractivity contribution in [3.8, 4) is 0 Å². The molecule has 0 spiro atoms. The molecule has 1 atom stereocenters. The van der Waals surface area contributed by atoms with E-state index < -0.39 is 9.84 Å². The molecule has 2 saturated heterocycles. The van der Waals surface area contributed by atoms with Crippen molar-refractivity contribution >= 4 is 27.2 Å². The average molecular weight is 290 g/mol. The molecule has 1 N–H and O–H groups in total. The minimum Gasteiger partial charge on any atom is -0.356 e. The molecule has 18 heavy (non-hydrogen) atoms. The number of hydrogen-bond acceptors (Lipinski definition) is 3.